The topological polar surface area (TPSA) is 27.7 Å². The highest BCUT2D eigenvalue weighted by molar-refractivity contribution is 5.46. The van der Waals surface area contributed by atoms with Crippen LogP contribution in [0.3, 0.4) is 0 Å². The first-order valence-electron chi connectivity index (χ1n) is 7.72. The number of benzene rings is 3. The minimum absolute atomic E-state index is 0.324. The lowest BCUT2D eigenvalue weighted by molar-refractivity contribution is 0.239. The average Bonchev–Trinajstić information content (AvgIpc) is 2.67. The van der Waals surface area contributed by atoms with Crippen molar-refractivity contribution in [1.82, 2.24) is 0 Å². The average molecular weight is 319 g/mol. The van der Waals surface area contributed by atoms with Gasteiger partial charge in [-0.15, -0.1) is 0 Å². The van der Waals surface area contributed by atoms with Gasteiger partial charge in [0, 0.05) is 11.6 Å². The summed E-state index contributed by atoms with van der Waals surface area (Å²) in [6.45, 7) is 0. The molecule has 0 aromatic heterocycles. The first-order chi connectivity index (χ1) is 11.8. The Morgan fingerprint density at radius 1 is 0.833 bits per heavy atom. The highest BCUT2D eigenvalue weighted by Gasteiger charge is 2.21. The highest BCUT2D eigenvalue weighted by Crippen LogP contribution is 2.36. The molecule has 0 aliphatic carbocycles. The van der Waals surface area contributed by atoms with E-state index >= 15 is 0 Å². The summed E-state index contributed by atoms with van der Waals surface area (Å²) in [5, 5.41) is 0. The van der Waals surface area contributed by atoms with Crippen molar-refractivity contribution < 1.29 is 14.2 Å². The molecule has 3 rings (SSSR count). The maximum absolute atomic E-state index is 6.24. The summed E-state index contributed by atoms with van der Waals surface area (Å²) in [7, 11) is 3.30. The first kappa shape index (κ1) is 15.9. The molecule has 0 saturated carbocycles. The quantitative estimate of drug-likeness (QED) is 0.660. The Kier molecular flexibility index (Phi) is 5.02. The van der Waals surface area contributed by atoms with E-state index in [0.29, 0.717) is 5.75 Å². The molecule has 1 atom stereocenters. The van der Waals surface area contributed by atoms with E-state index in [-0.39, 0.29) is 6.10 Å². The van der Waals surface area contributed by atoms with Gasteiger partial charge in [-0.1, -0.05) is 48.5 Å². The smallest absolute Gasteiger partial charge is 0.153 e. The Bertz CT molecular complexity index is 770. The maximum atomic E-state index is 6.24. The van der Waals surface area contributed by atoms with E-state index in [1.807, 2.05) is 72.8 Å². The molecule has 0 saturated heterocycles. The predicted octanol–water partition coefficient (Wildman–Crippen LogP) is 4.67. The fraction of sp³-hybridized carbons (Fsp3) is 0.143. The lowest BCUT2D eigenvalue weighted by Gasteiger charge is -2.22. The number of hydrogen-bond donors (Lipinski definition) is 0. The predicted molar refractivity (Wildman–Crippen MR) is 93.7 cm³/mol. The van der Waals surface area contributed by atoms with Crippen molar-refractivity contribution in [3.05, 3.63) is 90.0 Å². The normalized spacial score (nSPS) is 11.6. The second-order valence-corrected chi connectivity index (χ2v) is 5.24. The molecule has 0 spiro atoms. The van der Waals surface area contributed by atoms with Crippen LogP contribution in [-0.2, 0) is 0 Å². The van der Waals surface area contributed by atoms with Gasteiger partial charge in [-0.25, -0.2) is 0 Å². The molecule has 0 N–H and O–H groups in total. The van der Waals surface area contributed by atoms with Crippen molar-refractivity contribution in [2.45, 2.75) is 6.10 Å². The zero-order valence-electron chi connectivity index (χ0n) is 13.7. The Balaban J connectivity index is 2.08. The summed E-state index contributed by atoms with van der Waals surface area (Å²) >= 11 is 0. The van der Waals surface area contributed by atoms with Crippen LogP contribution in [0, 0.1) is 6.07 Å². The lowest BCUT2D eigenvalue weighted by Crippen LogP contribution is -2.11. The van der Waals surface area contributed by atoms with Crippen molar-refractivity contribution in [2.75, 3.05) is 14.2 Å². The van der Waals surface area contributed by atoms with Gasteiger partial charge in [-0.05, 0) is 29.8 Å². The van der Waals surface area contributed by atoms with Gasteiger partial charge in [0.15, 0.2) is 6.10 Å². The molecule has 3 aromatic rings. The Labute approximate surface area is 142 Å². The third-order valence-corrected chi connectivity index (χ3v) is 3.75. The van der Waals surface area contributed by atoms with Crippen LogP contribution in [0.2, 0.25) is 0 Å². The minimum atomic E-state index is -0.324. The van der Waals surface area contributed by atoms with Crippen LogP contribution in [0.15, 0.2) is 72.8 Å². The van der Waals surface area contributed by atoms with E-state index in [0.717, 1.165) is 22.6 Å². The van der Waals surface area contributed by atoms with Gasteiger partial charge in [-0.3, -0.25) is 0 Å². The van der Waals surface area contributed by atoms with Gasteiger partial charge < -0.3 is 14.2 Å². The van der Waals surface area contributed by atoms with Crippen LogP contribution in [0.1, 0.15) is 17.2 Å². The molecular formula is C21H19O3. The van der Waals surface area contributed by atoms with Gasteiger partial charge in [0.05, 0.1) is 14.2 Å². The maximum Gasteiger partial charge on any atom is 0.153 e. The molecule has 0 bridgehead atoms. The van der Waals surface area contributed by atoms with Crippen molar-refractivity contribution in [2.24, 2.45) is 0 Å². The summed E-state index contributed by atoms with van der Waals surface area (Å²) in [5.74, 6) is 2.18. The fourth-order valence-electron chi connectivity index (χ4n) is 2.56. The van der Waals surface area contributed by atoms with Gasteiger partial charge in [-0.2, -0.15) is 0 Å². The van der Waals surface area contributed by atoms with E-state index in [9.17, 15) is 0 Å². The van der Waals surface area contributed by atoms with Crippen LogP contribution in [0.5, 0.6) is 17.2 Å². The Morgan fingerprint density at radius 3 is 2.29 bits per heavy atom. The summed E-state index contributed by atoms with van der Waals surface area (Å²) in [6.07, 6.45) is -0.324. The monoisotopic (exact) mass is 319 g/mol. The molecule has 0 amide bonds. The highest BCUT2D eigenvalue weighted by atomic mass is 16.5. The molecule has 3 nitrogen and oxygen atoms in total. The summed E-state index contributed by atoms with van der Waals surface area (Å²) < 4.78 is 17.1. The zero-order valence-corrected chi connectivity index (χ0v) is 13.7. The molecule has 0 aliphatic rings. The number of para-hydroxylation sites is 1. The lowest BCUT2D eigenvalue weighted by atomic mass is 10.00. The van der Waals surface area contributed by atoms with Crippen molar-refractivity contribution in [3.8, 4) is 17.2 Å². The SMILES string of the molecule is COc1ccc(OC)c(C(Oc2[c]cccc2)c2ccccc2)c1. The standard InChI is InChI=1S/C21H19O3/c1-22-18-13-14-20(23-2)19(15-18)21(16-9-5-3-6-10-16)24-17-11-7-4-8-12-17/h3-11,13-15,21H,1-2H3. The number of rotatable bonds is 6. The van der Waals surface area contributed by atoms with Crippen LogP contribution < -0.4 is 14.2 Å². The number of ether oxygens (including phenoxy) is 3. The third kappa shape index (κ3) is 3.51. The molecule has 0 aliphatic heterocycles. The van der Waals surface area contributed by atoms with Gasteiger partial charge in [0.2, 0.25) is 0 Å². The van der Waals surface area contributed by atoms with E-state index < -0.39 is 0 Å². The van der Waals surface area contributed by atoms with Gasteiger partial charge >= 0.3 is 0 Å². The second-order valence-electron chi connectivity index (χ2n) is 5.24. The van der Waals surface area contributed by atoms with Crippen LogP contribution in [-0.4, -0.2) is 14.2 Å². The first-order valence-corrected chi connectivity index (χ1v) is 7.72. The molecule has 0 fully saturated rings. The van der Waals surface area contributed by atoms with Crippen LogP contribution >= 0.6 is 0 Å². The van der Waals surface area contributed by atoms with E-state index in [2.05, 4.69) is 6.07 Å². The Morgan fingerprint density at radius 2 is 1.62 bits per heavy atom. The van der Waals surface area contributed by atoms with E-state index in [4.69, 9.17) is 14.2 Å². The van der Waals surface area contributed by atoms with E-state index in [1.54, 1.807) is 14.2 Å². The molecule has 3 aromatic carbocycles. The molecule has 3 heteroatoms. The molecular weight excluding hydrogens is 300 g/mol. The number of methoxy groups -OCH3 is 2. The molecule has 1 radical (unpaired) electrons. The van der Waals surface area contributed by atoms with Crippen molar-refractivity contribution in [3.63, 3.8) is 0 Å². The van der Waals surface area contributed by atoms with Gasteiger partial charge in [0.25, 0.3) is 0 Å². The van der Waals surface area contributed by atoms with Crippen LogP contribution in [0.4, 0.5) is 0 Å². The molecule has 24 heavy (non-hydrogen) atoms. The molecule has 0 heterocycles. The minimum Gasteiger partial charge on any atom is -0.497 e. The largest absolute Gasteiger partial charge is 0.497 e. The third-order valence-electron chi connectivity index (χ3n) is 3.75. The Hall–Kier alpha value is -2.94. The number of hydrogen-bond acceptors (Lipinski definition) is 3. The summed E-state index contributed by atoms with van der Waals surface area (Å²) in [5.41, 5.74) is 1.93. The van der Waals surface area contributed by atoms with Crippen LogP contribution in [0.25, 0.3) is 0 Å². The van der Waals surface area contributed by atoms with Crippen molar-refractivity contribution in [1.29, 1.82) is 0 Å². The zero-order chi connectivity index (χ0) is 16.8. The summed E-state index contributed by atoms with van der Waals surface area (Å²) in [4.78, 5) is 0. The molecule has 121 valence electrons. The van der Waals surface area contributed by atoms with Gasteiger partial charge in [0.1, 0.15) is 17.2 Å². The van der Waals surface area contributed by atoms with Crippen molar-refractivity contribution >= 4 is 0 Å². The summed E-state index contributed by atoms with van der Waals surface area (Å²) in [6, 6.07) is 26.4. The fourth-order valence-corrected chi connectivity index (χ4v) is 2.56. The van der Waals surface area contributed by atoms with E-state index in [1.165, 1.54) is 0 Å². The molecule has 1 unspecified atom stereocenters. The second kappa shape index (κ2) is 7.55.